The average Bonchev–Trinajstić information content (AvgIpc) is 2.97. The van der Waals surface area contributed by atoms with Gasteiger partial charge in [-0.3, -0.25) is 9.58 Å². The number of fused-ring (bicyclic) bond motifs is 1. The molecular formula is C14H23N3O. The molecule has 0 spiro atoms. The highest BCUT2D eigenvalue weighted by Crippen LogP contribution is 2.41. The molecule has 0 radical (unpaired) electrons. The molecule has 100 valence electrons. The summed E-state index contributed by atoms with van der Waals surface area (Å²) in [7, 11) is 0. The Bertz CT molecular complexity index is 417. The molecule has 3 heterocycles. The fourth-order valence-corrected chi connectivity index (χ4v) is 3.56. The van der Waals surface area contributed by atoms with Crippen LogP contribution in [0.4, 0.5) is 0 Å². The van der Waals surface area contributed by atoms with Gasteiger partial charge in [-0.15, -0.1) is 0 Å². The van der Waals surface area contributed by atoms with Crippen LogP contribution < -0.4 is 0 Å². The lowest BCUT2D eigenvalue weighted by molar-refractivity contribution is -0.0138. The molecule has 1 aromatic rings. The number of aryl methyl sites for hydroxylation is 1. The molecule has 2 aliphatic heterocycles. The molecule has 2 aliphatic rings. The van der Waals surface area contributed by atoms with E-state index < -0.39 is 5.60 Å². The molecule has 4 nitrogen and oxygen atoms in total. The number of hydrogen-bond donors (Lipinski definition) is 1. The third kappa shape index (κ3) is 1.88. The number of rotatable bonds is 3. The fraction of sp³-hybridized carbons (Fsp3) is 0.786. The monoisotopic (exact) mass is 249 g/mol. The number of aromatic nitrogens is 2. The Morgan fingerprint density at radius 3 is 3.17 bits per heavy atom. The second-order valence-corrected chi connectivity index (χ2v) is 5.71. The summed E-state index contributed by atoms with van der Waals surface area (Å²) in [6.45, 7) is 5.26. The first-order chi connectivity index (χ1) is 8.74. The van der Waals surface area contributed by atoms with Crippen molar-refractivity contribution in [3.63, 3.8) is 0 Å². The van der Waals surface area contributed by atoms with Crippen LogP contribution in [0.5, 0.6) is 0 Å². The van der Waals surface area contributed by atoms with Crippen molar-refractivity contribution in [1.29, 1.82) is 0 Å². The number of piperidine rings is 1. The van der Waals surface area contributed by atoms with E-state index in [1.54, 1.807) is 0 Å². The molecule has 2 atom stereocenters. The van der Waals surface area contributed by atoms with Gasteiger partial charge in [-0.05, 0) is 32.2 Å². The molecule has 2 saturated heterocycles. The zero-order valence-electron chi connectivity index (χ0n) is 11.2. The first-order valence-electron chi connectivity index (χ1n) is 7.23. The zero-order chi connectivity index (χ0) is 12.6. The van der Waals surface area contributed by atoms with Gasteiger partial charge in [0.25, 0.3) is 0 Å². The quantitative estimate of drug-likeness (QED) is 0.887. The molecule has 1 aromatic heterocycles. The Labute approximate surface area is 109 Å². The molecule has 3 rings (SSSR count). The normalized spacial score (nSPS) is 32.7. The molecule has 18 heavy (non-hydrogen) atoms. The topological polar surface area (TPSA) is 41.3 Å². The molecule has 0 amide bonds. The Morgan fingerprint density at radius 2 is 2.33 bits per heavy atom. The van der Waals surface area contributed by atoms with Gasteiger partial charge in [-0.2, -0.15) is 5.10 Å². The van der Waals surface area contributed by atoms with Gasteiger partial charge < -0.3 is 5.11 Å². The lowest BCUT2D eigenvalue weighted by Crippen LogP contribution is -2.45. The van der Waals surface area contributed by atoms with Gasteiger partial charge in [-0.25, -0.2) is 0 Å². The highest BCUT2D eigenvalue weighted by molar-refractivity contribution is 5.21. The summed E-state index contributed by atoms with van der Waals surface area (Å²) >= 11 is 0. The third-order valence-electron chi connectivity index (χ3n) is 4.53. The van der Waals surface area contributed by atoms with Crippen LogP contribution in [0.1, 0.15) is 44.6 Å². The van der Waals surface area contributed by atoms with E-state index in [0.29, 0.717) is 6.04 Å². The number of aliphatic hydroxyl groups is 1. The van der Waals surface area contributed by atoms with Gasteiger partial charge in [0.05, 0.1) is 6.20 Å². The molecule has 0 bridgehead atoms. The van der Waals surface area contributed by atoms with Gasteiger partial charge in [0.1, 0.15) is 5.60 Å². The van der Waals surface area contributed by atoms with E-state index in [4.69, 9.17) is 0 Å². The fourth-order valence-electron chi connectivity index (χ4n) is 3.56. The van der Waals surface area contributed by atoms with Crippen LogP contribution in [0.2, 0.25) is 0 Å². The van der Waals surface area contributed by atoms with Crippen LogP contribution in [0.25, 0.3) is 0 Å². The summed E-state index contributed by atoms with van der Waals surface area (Å²) in [5, 5.41) is 15.4. The van der Waals surface area contributed by atoms with Gasteiger partial charge in [0.2, 0.25) is 0 Å². The minimum Gasteiger partial charge on any atom is -0.383 e. The van der Waals surface area contributed by atoms with Crippen LogP contribution in [0.15, 0.2) is 12.4 Å². The van der Waals surface area contributed by atoms with Crippen LogP contribution in [-0.4, -0.2) is 38.9 Å². The highest BCUT2D eigenvalue weighted by atomic mass is 16.3. The summed E-state index contributed by atoms with van der Waals surface area (Å²) in [5.74, 6) is 0. The van der Waals surface area contributed by atoms with E-state index in [1.165, 1.54) is 12.8 Å². The van der Waals surface area contributed by atoms with Gasteiger partial charge in [0, 0.05) is 30.9 Å². The average molecular weight is 249 g/mol. The summed E-state index contributed by atoms with van der Waals surface area (Å²) in [4.78, 5) is 2.46. The summed E-state index contributed by atoms with van der Waals surface area (Å²) in [5.41, 5.74) is 0.359. The first kappa shape index (κ1) is 12.2. The maximum atomic E-state index is 11.0. The van der Waals surface area contributed by atoms with E-state index in [1.807, 2.05) is 17.1 Å². The summed E-state index contributed by atoms with van der Waals surface area (Å²) in [6.07, 6.45) is 9.49. The van der Waals surface area contributed by atoms with Crippen LogP contribution in [-0.2, 0) is 12.1 Å². The van der Waals surface area contributed by atoms with Crippen molar-refractivity contribution in [1.82, 2.24) is 14.7 Å². The molecule has 4 heteroatoms. The van der Waals surface area contributed by atoms with Crippen LogP contribution in [0.3, 0.4) is 0 Å². The Kier molecular flexibility index (Phi) is 3.16. The lowest BCUT2D eigenvalue weighted by atomic mass is 9.84. The SMILES string of the molecule is CCCn1cc(C2(O)CCN3CCCCC32)cn1. The number of hydrogen-bond acceptors (Lipinski definition) is 3. The van der Waals surface area contributed by atoms with Crippen LogP contribution in [0, 0.1) is 0 Å². The Balaban J connectivity index is 1.84. The van der Waals surface area contributed by atoms with E-state index >= 15 is 0 Å². The van der Waals surface area contributed by atoms with Crippen molar-refractivity contribution in [3.05, 3.63) is 18.0 Å². The molecule has 0 saturated carbocycles. The summed E-state index contributed by atoms with van der Waals surface area (Å²) < 4.78 is 1.96. The minimum atomic E-state index is -0.660. The molecule has 1 N–H and O–H groups in total. The predicted octanol–water partition coefficient (Wildman–Crippen LogP) is 1.74. The third-order valence-corrected chi connectivity index (χ3v) is 4.53. The van der Waals surface area contributed by atoms with Gasteiger partial charge >= 0.3 is 0 Å². The van der Waals surface area contributed by atoms with Crippen LogP contribution >= 0.6 is 0 Å². The van der Waals surface area contributed by atoms with Crippen molar-refractivity contribution >= 4 is 0 Å². The number of nitrogens with zero attached hydrogens (tertiary/aromatic N) is 3. The van der Waals surface area contributed by atoms with E-state index in [-0.39, 0.29) is 0 Å². The van der Waals surface area contributed by atoms with Crippen molar-refractivity contribution in [2.75, 3.05) is 13.1 Å². The van der Waals surface area contributed by atoms with Crippen molar-refractivity contribution in [2.45, 2.75) is 57.2 Å². The van der Waals surface area contributed by atoms with E-state index in [9.17, 15) is 5.11 Å². The Hall–Kier alpha value is -0.870. The first-order valence-corrected chi connectivity index (χ1v) is 7.23. The van der Waals surface area contributed by atoms with Crippen molar-refractivity contribution < 1.29 is 5.11 Å². The maximum Gasteiger partial charge on any atom is 0.109 e. The lowest BCUT2D eigenvalue weighted by Gasteiger charge is -2.36. The second kappa shape index (κ2) is 4.67. The molecule has 2 unspecified atom stereocenters. The van der Waals surface area contributed by atoms with Crippen molar-refractivity contribution in [3.8, 4) is 0 Å². The van der Waals surface area contributed by atoms with Gasteiger partial charge in [0.15, 0.2) is 0 Å². The zero-order valence-corrected chi connectivity index (χ0v) is 11.2. The largest absolute Gasteiger partial charge is 0.383 e. The molecular weight excluding hydrogens is 226 g/mol. The van der Waals surface area contributed by atoms with E-state index in [2.05, 4.69) is 16.9 Å². The van der Waals surface area contributed by atoms with Crippen molar-refractivity contribution in [2.24, 2.45) is 0 Å². The van der Waals surface area contributed by atoms with Gasteiger partial charge in [-0.1, -0.05) is 13.3 Å². The molecule has 2 fully saturated rings. The predicted molar refractivity (Wildman–Crippen MR) is 70.2 cm³/mol. The second-order valence-electron chi connectivity index (χ2n) is 5.71. The molecule has 0 aromatic carbocycles. The minimum absolute atomic E-state index is 0.311. The smallest absolute Gasteiger partial charge is 0.109 e. The van der Waals surface area contributed by atoms with E-state index in [0.717, 1.165) is 44.5 Å². The highest BCUT2D eigenvalue weighted by Gasteiger charge is 2.48. The standard InChI is InChI=1S/C14H23N3O/c1-2-7-17-11-12(10-15-17)14(18)6-9-16-8-4-3-5-13(14)16/h10-11,13,18H,2-9H2,1H3. The Morgan fingerprint density at radius 1 is 1.44 bits per heavy atom. The maximum absolute atomic E-state index is 11.0. The molecule has 0 aliphatic carbocycles. The summed E-state index contributed by atoms with van der Waals surface area (Å²) in [6, 6.07) is 0.311.